The molecule has 6 heteroatoms. The third-order valence-corrected chi connectivity index (χ3v) is 4.76. The molecule has 1 aromatic rings. The number of aromatic amines is 1. The summed E-state index contributed by atoms with van der Waals surface area (Å²) in [4.78, 5) is 38.3. The summed E-state index contributed by atoms with van der Waals surface area (Å²) in [5.41, 5.74) is 6.39. The highest BCUT2D eigenvalue weighted by Crippen LogP contribution is 2.30. The first kappa shape index (κ1) is 14.8. The number of nitrogens with two attached hydrogens (primary N) is 1. The van der Waals surface area contributed by atoms with Crippen LogP contribution in [0.1, 0.15) is 66.2 Å². The summed E-state index contributed by atoms with van der Waals surface area (Å²) in [6.45, 7) is 0. The van der Waals surface area contributed by atoms with Gasteiger partial charge in [-0.25, -0.2) is 0 Å². The number of aromatic nitrogens is 1. The summed E-state index contributed by atoms with van der Waals surface area (Å²) in [5.74, 6) is -0.554. The van der Waals surface area contributed by atoms with Gasteiger partial charge < -0.3 is 16.0 Å². The van der Waals surface area contributed by atoms with Gasteiger partial charge in [-0.05, 0) is 43.7 Å². The van der Waals surface area contributed by atoms with Crippen molar-refractivity contribution in [2.24, 2.45) is 11.7 Å². The zero-order chi connectivity index (χ0) is 15.7. The van der Waals surface area contributed by atoms with E-state index in [0.29, 0.717) is 0 Å². The Hall–Kier alpha value is -2.11. The SMILES string of the molecule is NC(=O)c1cc2c([nH]c1=O)CCC[C@@H]2NC(=O)C1CCCC1. The molecule has 22 heavy (non-hydrogen) atoms. The molecule has 4 N–H and O–H groups in total. The number of H-pyrrole nitrogens is 1. The van der Waals surface area contributed by atoms with Crippen LogP contribution in [0.2, 0.25) is 0 Å². The monoisotopic (exact) mass is 303 g/mol. The second-order valence-corrected chi connectivity index (χ2v) is 6.25. The molecule has 3 rings (SSSR count). The summed E-state index contributed by atoms with van der Waals surface area (Å²) in [7, 11) is 0. The van der Waals surface area contributed by atoms with Gasteiger partial charge >= 0.3 is 0 Å². The van der Waals surface area contributed by atoms with Crippen molar-refractivity contribution in [3.63, 3.8) is 0 Å². The van der Waals surface area contributed by atoms with E-state index in [1.54, 1.807) is 6.07 Å². The lowest BCUT2D eigenvalue weighted by atomic mass is 9.89. The molecule has 1 saturated carbocycles. The van der Waals surface area contributed by atoms with Crippen LogP contribution in [0, 0.1) is 5.92 Å². The molecule has 2 amide bonds. The molecule has 0 spiro atoms. The van der Waals surface area contributed by atoms with Crippen LogP contribution < -0.4 is 16.6 Å². The van der Waals surface area contributed by atoms with E-state index >= 15 is 0 Å². The fourth-order valence-electron chi connectivity index (χ4n) is 3.55. The molecule has 1 fully saturated rings. The molecular weight excluding hydrogens is 282 g/mol. The van der Waals surface area contributed by atoms with Crippen LogP contribution in [-0.2, 0) is 11.2 Å². The topological polar surface area (TPSA) is 105 Å². The minimum absolute atomic E-state index is 0.0410. The number of primary amides is 1. The van der Waals surface area contributed by atoms with Crippen molar-refractivity contribution in [2.75, 3.05) is 0 Å². The summed E-state index contributed by atoms with van der Waals surface area (Å²) in [6.07, 6.45) is 6.58. The van der Waals surface area contributed by atoms with E-state index in [1.807, 2.05) is 0 Å². The van der Waals surface area contributed by atoms with Crippen molar-refractivity contribution in [3.8, 4) is 0 Å². The van der Waals surface area contributed by atoms with Gasteiger partial charge in [0, 0.05) is 11.6 Å². The maximum absolute atomic E-state index is 12.3. The van der Waals surface area contributed by atoms with E-state index in [1.165, 1.54) is 0 Å². The second-order valence-electron chi connectivity index (χ2n) is 6.25. The Labute approximate surface area is 128 Å². The van der Waals surface area contributed by atoms with Crippen LogP contribution in [0.5, 0.6) is 0 Å². The minimum atomic E-state index is -0.740. The first-order valence-corrected chi connectivity index (χ1v) is 7.92. The summed E-state index contributed by atoms with van der Waals surface area (Å²) in [5, 5.41) is 3.09. The van der Waals surface area contributed by atoms with Crippen molar-refractivity contribution in [1.29, 1.82) is 0 Å². The molecule has 2 aliphatic rings. The Kier molecular flexibility index (Phi) is 4.00. The quantitative estimate of drug-likeness (QED) is 0.780. The number of hydrogen-bond donors (Lipinski definition) is 3. The molecule has 1 aromatic heterocycles. The zero-order valence-corrected chi connectivity index (χ0v) is 12.5. The first-order valence-electron chi connectivity index (χ1n) is 7.92. The standard InChI is InChI=1S/C16H21N3O3/c17-14(20)11-8-10-12(6-3-7-13(10)19-16(11)22)18-15(21)9-4-1-2-5-9/h8-9,12H,1-7H2,(H2,17,20)(H,18,21)(H,19,22)/t12-/m0/s1. The Morgan fingerprint density at radius 3 is 2.59 bits per heavy atom. The van der Waals surface area contributed by atoms with Crippen molar-refractivity contribution >= 4 is 11.8 Å². The first-order chi connectivity index (χ1) is 10.6. The maximum Gasteiger partial charge on any atom is 0.261 e. The Morgan fingerprint density at radius 2 is 1.91 bits per heavy atom. The molecule has 1 atom stereocenters. The highest BCUT2D eigenvalue weighted by molar-refractivity contribution is 5.92. The van der Waals surface area contributed by atoms with Crippen LogP contribution in [0.4, 0.5) is 0 Å². The van der Waals surface area contributed by atoms with Crippen LogP contribution in [0.15, 0.2) is 10.9 Å². The lowest BCUT2D eigenvalue weighted by Gasteiger charge is -2.27. The number of pyridine rings is 1. The van der Waals surface area contributed by atoms with Crippen molar-refractivity contribution in [3.05, 3.63) is 33.2 Å². The van der Waals surface area contributed by atoms with Crippen molar-refractivity contribution in [1.82, 2.24) is 10.3 Å². The number of hydrogen-bond acceptors (Lipinski definition) is 3. The average molecular weight is 303 g/mol. The molecule has 1 heterocycles. The maximum atomic E-state index is 12.3. The minimum Gasteiger partial charge on any atom is -0.365 e. The number of amides is 2. The Balaban J connectivity index is 1.86. The van der Waals surface area contributed by atoms with E-state index in [2.05, 4.69) is 10.3 Å². The van der Waals surface area contributed by atoms with Crippen LogP contribution >= 0.6 is 0 Å². The predicted octanol–water partition coefficient (Wildman–Crippen LogP) is 1.16. The number of fused-ring (bicyclic) bond motifs is 1. The highest BCUT2D eigenvalue weighted by atomic mass is 16.2. The summed E-state index contributed by atoms with van der Waals surface area (Å²) >= 11 is 0. The molecule has 0 radical (unpaired) electrons. The number of aryl methyl sites for hydroxylation is 1. The molecule has 0 unspecified atom stereocenters. The smallest absolute Gasteiger partial charge is 0.261 e. The Morgan fingerprint density at radius 1 is 1.18 bits per heavy atom. The number of rotatable bonds is 3. The van der Waals surface area contributed by atoms with Crippen molar-refractivity contribution < 1.29 is 9.59 Å². The van der Waals surface area contributed by atoms with Gasteiger partial charge in [-0.15, -0.1) is 0 Å². The lowest BCUT2D eigenvalue weighted by molar-refractivity contribution is -0.125. The van der Waals surface area contributed by atoms with Gasteiger partial charge in [-0.1, -0.05) is 12.8 Å². The number of nitrogens with one attached hydrogen (secondary N) is 2. The van der Waals surface area contributed by atoms with E-state index in [0.717, 1.165) is 56.2 Å². The van der Waals surface area contributed by atoms with Gasteiger partial charge in [-0.2, -0.15) is 0 Å². The molecule has 2 aliphatic carbocycles. The van der Waals surface area contributed by atoms with E-state index < -0.39 is 11.5 Å². The fraction of sp³-hybridized carbons (Fsp3) is 0.562. The largest absolute Gasteiger partial charge is 0.365 e. The third-order valence-electron chi connectivity index (χ3n) is 4.76. The van der Waals surface area contributed by atoms with Gasteiger partial charge in [-0.3, -0.25) is 14.4 Å². The average Bonchev–Trinajstić information content (AvgIpc) is 3.00. The normalized spacial score (nSPS) is 21.4. The van der Waals surface area contributed by atoms with Crippen molar-refractivity contribution in [2.45, 2.75) is 51.0 Å². The Bertz CT molecular complexity index is 659. The lowest BCUT2D eigenvalue weighted by Crippen LogP contribution is -2.36. The van der Waals surface area contributed by atoms with Gasteiger partial charge in [0.1, 0.15) is 5.56 Å². The second kappa shape index (κ2) is 5.94. The summed E-state index contributed by atoms with van der Waals surface area (Å²) in [6, 6.07) is 1.40. The zero-order valence-electron chi connectivity index (χ0n) is 12.5. The number of carbonyl (C=O) groups is 2. The van der Waals surface area contributed by atoms with Crippen LogP contribution in [0.25, 0.3) is 0 Å². The van der Waals surface area contributed by atoms with Gasteiger partial charge in [0.05, 0.1) is 6.04 Å². The van der Waals surface area contributed by atoms with E-state index in [-0.39, 0.29) is 23.4 Å². The predicted molar refractivity (Wildman–Crippen MR) is 81.4 cm³/mol. The van der Waals surface area contributed by atoms with Gasteiger partial charge in [0.2, 0.25) is 5.91 Å². The molecule has 118 valence electrons. The molecule has 0 saturated heterocycles. The highest BCUT2D eigenvalue weighted by Gasteiger charge is 2.28. The molecule has 0 aromatic carbocycles. The van der Waals surface area contributed by atoms with Gasteiger partial charge in [0.15, 0.2) is 0 Å². The molecule has 0 aliphatic heterocycles. The summed E-state index contributed by atoms with van der Waals surface area (Å²) < 4.78 is 0. The molecule has 6 nitrogen and oxygen atoms in total. The van der Waals surface area contributed by atoms with Crippen LogP contribution in [-0.4, -0.2) is 16.8 Å². The third kappa shape index (κ3) is 2.77. The van der Waals surface area contributed by atoms with Crippen LogP contribution in [0.3, 0.4) is 0 Å². The van der Waals surface area contributed by atoms with Gasteiger partial charge in [0.25, 0.3) is 11.5 Å². The van der Waals surface area contributed by atoms with E-state index in [4.69, 9.17) is 5.73 Å². The molecule has 0 bridgehead atoms. The molecular formula is C16H21N3O3. The fourth-order valence-corrected chi connectivity index (χ4v) is 3.55. The number of carbonyl (C=O) groups excluding carboxylic acids is 2. The van der Waals surface area contributed by atoms with E-state index in [9.17, 15) is 14.4 Å².